The molecule has 0 amide bonds. The van der Waals surface area contributed by atoms with E-state index in [1.165, 1.54) is 0 Å². The number of aromatic nitrogens is 2. The molecule has 5 nitrogen and oxygen atoms in total. The largest absolute Gasteiger partial charge is 0.462 e. The summed E-state index contributed by atoms with van der Waals surface area (Å²) in [6, 6.07) is 16.4. The van der Waals surface area contributed by atoms with Gasteiger partial charge in [0.1, 0.15) is 5.56 Å². The number of aromatic amines is 1. The van der Waals surface area contributed by atoms with E-state index in [4.69, 9.17) is 4.74 Å². The third-order valence-corrected chi connectivity index (χ3v) is 4.12. The molecule has 0 saturated carbocycles. The van der Waals surface area contributed by atoms with Gasteiger partial charge in [-0.1, -0.05) is 58.4 Å². The molecule has 25 heavy (non-hydrogen) atoms. The average molecular weight is 399 g/mol. The minimum atomic E-state index is -0.525. The van der Waals surface area contributed by atoms with Crippen LogP contribution in [0.5, 0.6) is 0 Å². The maximum Gasteiger partial charge on any atom is 0.346 e. The highest BCUT2D eigenvalue weighted by Gasteiger charge is 2.22. The molecule has 3 rings (SSSR count). The fourth-order valence-electron chi connectivity index (χ4n) is 2.51. The van der Waals surface area contributed by atoms with E-state index in [2.05, 4.69) is 25.9 Å². The molecule has 0 radical (unpaired) electrons. The van der Waals surface area contributed by atoms with Crippen molar-refractivity contribution in [1.29, 1.82) is 0 Å². The molecule has 126 valence electrons. The first-order valence-corrected chi connectivity index (χ1v) is 8.52. The summed E-state index contributed by atoms with van der Waals surface area (Å²) in [6.45, 7) is 1.96. The lowest BCUT2D eigenvalue weighted by Crippen LogP contribution is -2.19. The fourth-order valence-corrected chi connectivity index (χ4v) is 2.78. The number of halogens is 1. The number of carbonyl (C=O) groups is 1. The van der Waals surface area contributed by atoms with E-state index < -0.39 is 11.7 Å². The topological polar surface area (TPSA) is 72.0 Å². The highest BCUT2D eigenvalue weighted by atomic mass is 79.9. The number of carbonyl (C=O) groups excluding carboxylic acids is 1. The Balaban J connectivity index is 2.30. The van der Waals surface area contributed by atoms with E-state index in [0.29, 0.717) is 22.5 Å². The Kier molecular flexibility index (Phi) is 5.09. The number of ether oxygens (including phenoxy) is 1. The number of benzene rings is 2. The van der Waals surface area contributed by atoms with Crippen molar-refractivity contribution in [3.05, 3.63) is 75.1 Å². The Morgan fingerprint density at radius 2 is 1.76 bits per heavy atom. The number of esters is 1. The summed E-state index contributed by atoms with van der Waals surface area (Å²) in [4.78, 5) is 31.5. The monoisotopic (exact) mass is 398 g/mol. The maximum atomic E-state index is 12.6. The molecule has 0 aliphatic heterocycles. The Hall–Kier alpha value is -2.73. The van der Waals surface area contributed by atoms with Crippen LogP contribution < -0.4 is 5.69 Å². The van der Waals surface area contributed by atoms with Crippen LogP contribution in [0.1, 0.15) is 17.3 Å². The summed E-state index contributed by atoms with van der Waals surface area (Å²) in [7, 11) is 0. The van der Waals surface area contributed by atoms with Gasteiger partial charge < -0.3 is 9.72 Å². The average Bonchev–Trinajstić information content (AvgIpc) is 2.62. The van der Waals surface area contributed by atoms with Crippen molar-refractivity contribution in [2.45, 2.75) is 6.92 Å². The van der Waals surface area contributed by atoms with Crippen molar-refractivity contribution < 1.29 is 9.53 Å². The lowest BCUT2D eigenvalue weighted by atomic mass is 10.0. The van der Waals surface area contributed by atoms with Crippen LogP contribution in [0.15, 0.2) is 63.9 Å². The van der Waals surface area contributed by atoms with E-state index in [1.54, 1.807) is 19.1 Å². The van der Waals surface area contributed by atoms with Crippen LogP contribution in [-0.2, 0) is 4.74 Å². The Labute approximate surface area is 152 Å². The molecule has 0 spiro atoms. The van der Waals surface area contributed by atoms with Gasteiger partial charge in [-0.25, -0.2) is 9.59 Å². The second kappa shape index (κ2) is 7.44. The van der Waals surface area contributed by atoms with Crippen LogP contribution in [0.25, 0.3) is 22.5 Å². The molecule has 0 fully saturated rings. The molecular formula is C19H15BrN2O3. The summed E-state index contributed by atoms with van der Waals surface area (Å²) in [5.41, 5.74) is 1.79. The molecule has 3 aromatic rings. The summed E-state index contributed by atoms with van der Waals surface area (Å²) in [5, 5.41) is 0. The van der Waals surface area contributed by atoms with Crippen molar-refractivity contribution in [2.75, 3.05) is 6.61 Å². The van der Waals surface area contributed by atoms with Gasteiger partial charge in [-0.3, -0.25) is 0 Å². The zero-order valence-electron chi connectivity index (χ0n) is 13.5. The van der Waals surface area contributed by atoms with Crippen molar-refractivity contribution in [1.82, 2.24) is 9.97 Å². The van der Waals surface area contributed by atoms with Crippen LogP contribution in [0.3, 0.4) is 0 Å². The number of hydrogen-bond acceptors (Lipinski definition) is 4. The standard InChI is InChI=1S/C19H15BrN2O3/c1-2-25-18(23)15-16(12-6-4-3-5-7-12)21-19(24)22-17(15)13-8-10-14(20)11-9-13/h3-11H,2H2,1H3,(H,21,22,24). The third kappa shape index (κ3) is 3.69. The third-order valence-electron chi connectivity index (χ3n) is 3.59. The highest BCUT2D eigenvalue weighted by Crippen LogP contribution is 2.29. The van der Waals surface area contributed by atoms with Crippen LogP contribution in [0.4, 0.5) is 0 Å². The van der Waals surface area contributed by atoms with Crippen LogP contribution in [0, 0.1) is 0 Å². The van der Waals surface area contributed by atoms with Gasteiger partial charge in [0.05, 0.1) is 18.0 Å². The summed E-state index contributed by atoms with van der Waals surface area (Å²) in [6.07, 6.45) is 0. The lowest BCUT2D eigenvalue weighted by molar-refractivity contribution is 0.0527. The van der Waals surface area contributed by atoms with Crippen molar-refractivity contribution >= 4 is 21.9 Å². The number of H-pyrrole nitrogens is 1. The molecule has 0 atom stereocenters. The molecule has 0 saturated heterocycles. The molecule has 1 aromatic heterocycles. The normalized spacial score (nSPS) is 10.5. The molecule has 2 aromatic carbocycles. The Morgan fingerprint density at radius 1 is 1.08 bits per heavy atom. The predicted octanol–water partition coefficient (Wildman–Crippen LogP) is 4.04. The summed E-state index contributed by atoms with van der Waals surface area (Å²) < 4.78 is 6.10. The van der Waals surface area contributed by atoms with Crippen LogP contribution >= 0.6 is 15.9 Å². The van der Waals surface area contributed by atoms with E-state index in [-0.39, 0.29) is 12.2 Å². The van der Waals surface area contributed by atoms with Gasteiger partial charge in [-0.2, -0.15) is 4.98 Å². The van der Waals surface area contributed by atoms with Crippen LogP contribution in [-0.4, -0.2) is 22.5 Å². The van der Waals surface area contributed by atoms with Gasteiger partial charge in [-0.05, 0) is 24.6 Å². The predicted molar refractivity (Wildman–Crippen MR) is 99.4 cm³/mol. The first-order chi connectivity index (χ1) is 12.1. The van der Waals surface area contributed by atoms with E-state index in [1.807, 2.05) is 42.5 Å². The number of rotatable bonds is 4. The second-order valence-corrected chi connectivity index (χ2v) is 6.15. The Bertz CT molecular complexity index is 951. The fraction of sp³-hybridized carbons (Fsp3) is 0.105. The summed E-state index contributed by atoms with van der Waals surface area (Å²) in [5.74, 6) is -0.525. The first-order valence-electron chi connectivity index (χ1n) is 7.73. The van der Waals surface area contributed by atoms with Crippen molar-refractivity contribution in [2.24, 2.45) is 0 Å². The van der Waals surface area contributed by atoms with E-state index >= 15 is 0 Å². The van der Waals surface area contributed by atoms with Gasteiger partial charge >= 0.3 is 11.7 Å². The lowest BCUT2D eigenvalue weighted by Gasteiger charge is -2.13. The first kappa shape index (κ1) is 17.1. The van der Waals surface area contributed by atoms with E-state index in [0.717, 1.165) is 4.47 Å². The van der Waals surface area contributed by atoms with Gasteiger partial charge in [0.2, 0.25) is 0 Å². The number of nitrogens with zero attached hydrogens (tertiary/aromatic N) is 1. The molecule has 0 aliphatic rings. The zero-order valence-corrected chi connectivity index (χ0v) is 15.0. The minimum Gasteiger partial charge on any atom is -0.462 e. The zero-order chi connectivity index (χ0) is 17.8. The smallest absolute Gasteiger partial charge is 0.346 e. The van der Waals surface area contributed by atoms with Gasteiger partial charge in [0.25, 0.3) is 0 Å². The molecule has 1 heterocycles. The minimum absolute atomic E-state index is 0.228. The molecule has 1 N–H and O–H groups in total. The summed E-state index contributed by atoms with van der Waals surface area (Å²) >= 11 is 3.38. The molecule has 0 bridgehead atoms. The SMILES string of the molecule is CCOC(=O)c1c(-c2ccccc2)nc(=O)[nH]c1-c1ccc(Br)cc1. The number of hydrogen-bond donors (Lipinski definition) is 1. The quantitative estimate of drug-likeness (QED) is 0.673. The highest BCUT2D eigenvalue weighted by molar-refractivity contribution is 9.10. The molecule has 0 unspecified atom stereocenters. The van der Waals surface area contributed by atoms with Crippen LogP contribution in [0.2, 0.25) is 0 Å². The number of nitrogens with one attached hydrogen (secondary N) is 1. The van der Waals surface area contributed by atoms with E-state index in [9.17, 15) is 9.59 Å². The van der Waals surface area contributed by atoms with Gasteiger partial charge in [0, 0.05) is 10.0 Å². The van der Waals surface area contributed by atoms with Gasteiger partial charge in [0.15, 0.2) is 0 Å². The maximum absolute atomic E-state index is 12.6. The van der Waals surface area contributed by atoms with Crippen molar-refractivity contribution in [3.63, 3.8) is 0 Å². The second-order valence-electron chi connectivity index (χ2n) is 5.23. The molecular weight excluding hydrogens is 384 g/mol. The van der Waals surface area contributed by atoms with Crippen molar-refractivity contribution in [3.8, 4) is 22.5 Å². The molecule has 0 aliphatic carbocycles. The molecule has 6 heteroatoms. The Morgan fingerprint density at radius 3 is 2.40 bits per heavy atom. The van der Waals surface area contributed by atoms with Gasteiger partial charge in [-0.15, -0.1) is 0 Å².